The van der Waals surface area contributed by atoms with Gasteiger partial charge in [-0.25, -0.2) is 9.37 Å². The number of rotatable bonds is 8. The summed E-state index contributed by atoms with van der Waals surface area (Å²) in [4.78, 5) is 8.78. The zero-order valence-electron chi connectivity index (χ0n) is 16.5. The molecular weight excluding hydrogens is 490 g/mol. The van der Waals surface area contributed by atoms with Crippen LogP contribution in [-0.2, 0) is 13.0 Å². The Kier molecular flexibility index (Phi) is 8.94. The van der Waals surface area contributed by atoms with Gasteiger partial charge in [-0.05, 0) is 49.8 Å². The van der Waals surface area contributed by atoms with Crippen molar-refractivity contribution in [2.75, 3.05) is 13.7 Å². The minimum absolute atomic E-state index is 0. The van der Waals surface area contributed by atoms with E-state index in [1.165, 1.54) is 18.9 Å². The molecule has 1 saturated carbocycles. The molecule has 1 atom stereocenters. The summed E-state index contributed by atoms with van der Waals surface area (Å²) in [5.74, 6) is 1.27. The van der Waals surface area contributed by atoms with Gasteiger partial charge < -0.3 is 15.4 Å². The van der Waals surface area contributed by atoms with Crippen molar-refractivity contribution >= 4 is 41.3 Å². The van der Waals surface area contributed by atoms with Gasteiger partial charge in [-0.1, -0.05) is 13.0 Å². The van der Waals surface area contributed by atoms with Gasteiger partial charge in [0, 0.05) is 12.4 Å². The van der Waals surface area contributed by atoms with Crippen molar-refractivity contribution in [3.8, 4) is 5.75 Å². The third-order valence-electron chi connectivity index (χ3n) is 4.54. The van der Waals surface area contributed by atoms with Crippen LogP contribution in [-0.4, -0.2) is 24.6 Å². The number of halogens is 2. The standard InChI is InChI=1S/C20H27FN4OS.HI/c1-4-19-25-16(12-27-19)10-23-20(22-3)24-13(2)15-7-8-18(17(21)9-15)26-11-14-5-6-14;/h7-9,12-14H,4-6,10-11H2,1-3H3,(H2,22,23,24);1H. The topological polar surface area (TPSA) is 58.5 Å². The molecule has 28 heavy (non-hydrogen) atoms. The number of hydrogen-bond acceptors (Lipinski definition) is 4. The Balaban J connectivity index is 0.00000280. The van der Waals surface area contributed by atoms with Gasteiger partial charge in [-0.3, -0.25) is 4.99 Å². The molecule has 1 aromatic heterocycles. The second-order valence-corrected chi connectivity index (χ2v) is 7.76. The number of aromatic nitrogens is 1. The van der Waals surface area contributed by atoms with E-state index in [1.54, 1.807) is 24.5 Å². The molecule has 0 aliphatic heterocycles. The summed E-state index contributed by atoms with van der Waals surface area (Å²) in [6, 6.07) is 5.04. The normalized spacial score (nSPS) is 14.9. The molecule has 5 nitrogen and oxygen atoms in total. The minimum atomic E-state index is -0.320. The molecule has 2 aromatic rings. The van der Waals surface area contributed by atoms with E-state index in [1.807, 2.05) is 13.0 Å². The van der Waals surface area contributed by atoms with E-state index in [2.05, 4.69) is 32.9 Å². The smallest absolute Gasteiger partial charge is 0.191 e. The molecule has 0 spiro atoms. The SMILES string of the molecule is CCc1nc(CNC(=NC)NC(C)c2ccc(OCC3CC3)c(F)c2)cs1.I. The highest BCUT2D eigenvalue weighted by molar-refractivity contribution is 14.0. The third-order valence-corrected chi connectivity index (χ3v) is 5.58. The number of aliphatic imine (C=N–C) groups is 1. The monoisotopic (exact) mass is 518 g/mol. The van der Waals surface area contributed by atoms with E-state index in [0.29, 0.717) is 30.8 Å². The molecule has 1 aliphatic carbocycles. The van der Waals surface area contributed by atoms with Crippen LogP contribution in [0.5, 0.6) is 5.75 Å². The first-order valence-corrected chi connectivity index (χ1v) is 10.3. The van der Waals surface area contributed by atoms with Crippen molar-refractivity contribution in [1.82, 2.24) is 15.6 Å². The van der Waals surface area contributed by atoms with E-state index in [0.717, 1.165) is 22.7 Å². The highest BCUT2D eigenvalue weighted by Gasteiger charge is 2.22. The Labute approximate surface area is 187 Å². The fourth-order valence-corrected chi connectivity index (χ4v) is 3.39. The number of nitrogens with one attached hydrogen (secondary N) is 2. The van der Waals surface area contributed by atoms with Crippen LogP contribution in [0.25, 0.3) is 0 Å². The van der Waals surface area contributed by atoms with Crippen LogP contribution < -0.4 is 15.4 Å². The second kappa shape index (κ2) is 10.9. The lowest BCUT2D eigenvalue weighted by Gasteiger charge is -2.18. The van der Waals surface area contributed by atoms with E-state index < -0.39 is 0 Å². The molecule has 1 aromatic carbocycles. The number of hydrogen-bond donors (Lipinski definition) is 2. The average molecular weight is 518 g/mol. The van der Waals surface area contributed by atoms with Crippen molar-refractivity contribution in [2.24, 2.45) is 10.9 Å². The number of benzene rings is 1. The Hall–Kier alpha value is -1.42. The maximum Gasteiger partial charge on any atom is 0.191 e. The predicted molar refractivity (Wildman–Crippen MR) is 123 cm³/mol. The predicted octanol–water partition coefficient (Wildman–Crippen LogP) is 4.68. The number of guanidine groups is 1. The number of aryl methyl sites for hydroxylation is 1. The molecular formula is C20H28FIN4OS. The van der Waals surface area contributed by atoms with E-state index >= 15 is 0 Å². The van der Waals surface area contributed by atoms with Crippen LogP contribution in [0.15, 0.2) is 28.6 Å². The van der Waals surface area contributed by atoms with Crippen molar-refractivity contribution < 1.29 is 9.13 Å². The number of thiazole rings is 1. The molecule has 0 amide bonds. The maximum atomic E-state index is 14.3. The third kappa shape index (κ3) is 6.58. The molecule has 1 heterocycles. The summed E-state index contributed by atoms with van der Waals surface area (Å²) in [5, 5.41) is 9.72. The first kappa shape index (κ1) is 22.9. The van der Waals surface area contributed by atoms with Crippen molar-refractivity contribution in [3.63, 3.8) is 0 Å². The highest BCUT2D eigenvalue weighted by Crippen LogP contribution is 2.30. The molecule has 1 fully saturated rings. The zero-order valence-corrected chi connectivity index (χ0v) is 19.6. The lowest BCUT2D eigenvalue weighted by molar-refractivity contribution is 0.285. The quantitative estimate of drug-likeness (QED) is 0.303. The Morgan fingerprint density at radius 2 is 2.21 bits per heavy atom. The van der Waals surface area contributed by atoms with Crippen LogP contribution >= 0.6 is 35.3 Å². The molecule has 0 radical (unpaired) electrons. The summed E-state index contributed by atoms with van der Waals surface area (Å²) >= 11 is 1.67. The summed E-state index contributed by atoms with van der Waals surface area (Å²) in [5.41, 5.74) is 1.84. The molecule has 2 N–H and O–H groups in total. The molecule has 1 unspecified atom stereocenters. The van der Waals surface area contributed by atoms with Crippen molar-refractivity contribution in [1.29, 1.82) is 0 Å². The fourth-order valence-electron chi connectivity index (χ4n) is 2.65. The average Bonchev–Trinajstić information content (AvgIpc) is 3.39. The largest absolute Gasteiger partial charge is 0.490 e. The maximum absolute atomic E-state index is 14.3. The Bertz CT molecular complexity index is 794. The molecule has 0 bridgehead atoms. The van der Waals surface area contributed by atoms with Gasteiger partial charge in [0.1, 0.15) is 0 Å². The lowest BCUT2D eigenvalue weighted by Crippen LogP contribution is -2.38. The van der Waals surface area contributed by atoms with Crippen molar-refractivity contribution in [2.45, 2.75) is 45.7 Å². The molecule has 3 rings (SSSR count). The fraction of sp³-hybridized carbons (Fsp3) is 0.500. The summed E-state index contributed by atoms with van der Waals surface area (Å²) < 4.78 is 19.9. The second-order valence-electron chi connectivity index (χ2n) is 6.82. The van der Waals surface area contributed by atoms with Gasteiger partial charge in [0.25, 0.3) is 0 Å². The summed E-state index contributed by atoms with van der Waals surface area (Å²) in [6.07, 6.45) is 3.32. The van der Waals surface area contributed by atoms with Crippen LogP contribution in [0.4, 0.5) is 4.39 Å². The van der Waals surface area contributed by atoms with E-state index in [4.69, 9.17) is 4.74 Å². The number of ether oxygens (including phenoxy) is 1. The highest BCUT2D eigenvalue weighted by atomic mass is 127. The van der Waals surface area contributed by atoms with E-state index in [9.17, 15) is 4.39 Å². The molecule has 1 aliphatic rings. The van der Waals surface area contributed by atoms with Gasteiger partial charge in [0.05, 0.1) is 29.9 Å². The van der Waals surface area contributed by atoms with Crippen LogP contribution in [0.1, 0.15) is 49.0 Å². The zero-order chi connectivity index (χ0) is 19.2. The minimum Gasteiger partial charge on any atom is -0.490 e. The Morgan fingerprint density at radius 3 is 2.82 bits per heavy atom. The van der Waals surface area contributed by atoms with Gasteiger partial charge in [-0.2, -0.15) is 0 Å². The van der Waals surface area contributed by atoms with Crippen LogP contribution in [0.3, 0.4) is 0 Å². The molecule has 8 heteroatoms. The lowest BCUT2D eigenvalue weighted by atomic mass is 10.1. The van der Waals surface area contributed by atoms with Crippen LogP contribution in [0.2, 0.25) is 0 Å². The number of nitrogens with zero attached hydrogens (tertiary/aromatic N) is 2. The molecule has 154 valence electrons. The summed E-state index contributed by atoms with van der Waals surface area (Å²) in [6.45, 7) is 5.28. The van der Waals surface area contributed by atoms with Gasteiger partial charge in [-0.15, -0.1) is 35.3 Å². The van der Waals surface area contributed by atoms with E-state index in [-0.39, 0.29) is 35.8 Å². The van der Waals surface area contributed by atoms with Crippen molar-refractivity contribution in [3.05, 3.63) is 45.7 Å². The summed E-state index contributed by atoms with van der Waals surface area (Å²) in [7, 11) is 1.72. The molecule has 0 saturated heterocycles. The van der Waals surface area contributed by atoms with Gasteiger partial charge >= 0.3 is 0 Å². The van der Waals surface area contributed by atoms with Gasteiger partial charge in [0.2, 0.25) is 0 Å². The van der Waals surface area contributed by atoms with Gasteiger partial charge in [0.15, 0.2) is 17.5 Å². The first-order chi connectivity index (χ1) is 13.1. The van der Waals surface area contributed by atoms with Crippen LogP contribution in [0, 0.1) is 11.7 Å². The first-order valence-electron chi connectivity index (χ1n) is 9.41. The Morgan fingerprint density at radius 1 is 1.43 bits per heavy atom.